The third kappa shape index (κ3) is 6.42. The summed E-state index contributed by atoms with van der Waals surface area (Å²) in [6, 6.07) is 0. The molecule has 0 amide bonds. The summed E-state index contributed by atoms with van der Waals surface area (Å²) >= 11 is 0. The highest BCUT2D eigenvalue weighted by molar-refractivity contribution is 7.81. The Bertz CT molecular complexity index is 1110. The number of hydrogen-bond donors (Lipinski definition) is 5. The van der Waals surface area contributed by atoms with E-state index < -0.39 is 56.5 Å². The topological polar surface area (TPSA) is 188 Å². The fourth-order valence-electron chi connectivity index (χ4n) is 9.94. The van der Waals surface area contributed by atoms with E-state index in [1.807, 2.05) is 6.92 Å². The smallest absolute Gasteiger partial charge is 0.393 e. The summed E-state index contributed by atoms with van der Waals surface area (Å²) in [5, 5.41) is 33.7. The van der Waals surface area contributed by atoms with Crippen LogP contribution in [0.1, 0.15) is 85.5 Å². The van der Waals surface area contributed by atoms with Crippen molar-refractivity contribution < 1.29 is 49.6 Å². The molecule has 0 aliphatic heterocycles. The molecule has 40 heavy (non-hydrogen) atoms. The van der Waals surface area contributed by atoms with Crippen LogP contribution >= 0.6 is 0 Å². The lowest BCUT2D eigenvalue weighted by Gasteiger charge is -2.64. The summed E-state index contributed by atoms with van der Waals surface area (Å²) in [6.45, 7) is 8.33. The Morgan fingerprint density at radius 1 is 0.825 bits per heavy atom. The summed E-state index contributed by atoms with van der Waals surface area (Å²) in [5.41, 5.74) is -0.957. The Balaban J connectivity index is 1.58. The quantitative estimate of drug-likeness (QED) is 0.228. The van der Waals surface area contributed by atoms with Gasteiger partial charge in [-0.1, -0.05) is 40.5 Å². The van der Waals surface area contributed by atoms with E-state index in [2.05, 4.69) is 25.0 Å². The molecule has 11 nitrogen and oxygen atoms in total. The molecule has 12 atom stereocenters. The molecule has 4 aliphatic rings. The van der Waals surface area contributed by atoms with Crippen molar-refractivity contribution in [1.29, 1.82) is 0 Å². The van der Waals surface area contributed by atoms with Gasteiger partial charge in [0.05, 0.1) is 24.9 Å². The molecule has 0 spiro atoms. The second kappa shape index (κ2) is 11.6. The zero-order valence-electron chi connectivity index (χ0n) is 23.9. The number of rotatable bonds is 10. The number of hydrogen-bond acceptors (Lipinski definition) is 9. The molecule has 0 unspecified atom stereocenters. The first-order chi connectivity index (χ1) is 18.4. The summed E-state index contributed by atoms with van der Waals surface area (Å²) < 4.78 is 73.7. The fourth-order valence-corrected chi connectivity index (χ4v) is 10.8. The van der Waals surface area contributed by atoms with E-state index >= 15 is 0 Å². The predicted molar refractivity (Wildman–Crippen MR) is 145 cm³/mol. The van der Waals surface area contributed by atoms with Crippen molar-refractivity contribution in [2.24, 2.45) is 52.3 Å². The van der Waals surface area contributed by atoms with Crippen molar-refractivity contribution in [2.75, 3.05) is 6.61 Å². The summed E-state index contributed by atoms with van der Waals surface area (Å²) in [4.78, 5) is 0. The van der Waals surface area contributed by atoms with E-state index in [1.165, 1.54) is 0 Å². The van der Waals surface area contributed by atoms with Gasteiger partial charge in [-0.2, -0.15) is 16.8 Å². The normalized spacial score (nSPS) is 44.6. The van der Waals surface area contributed by atoms with Crippen LogP contribution in [0.25, 0.3) is 0 Å². The second-order valence-electron chi connectivity index (χ2n) is 14.0. The number of aliphatic hydroxyl groups excluding tert-OH is 3. The largest absolute Gasteiger partial charge is 0.397 e. The Hall–Kier alpha value is -0.380. The minimum atomic E-state index is -4.87. The minimum absolute atomic E-state index is 0.0944. The zero-order chi connectivity index (χ0) is 29.8. The summed E-state index contributed by atoms with van der Waals surface area (Å²) in [6.07, 6.45) is 1.43. The standard InChI is InChI=1S/C27H48O11S2/c1-15(2)6-5-7-16(14-37-39(31,32)33)18-10-11-19-17-8-9-20-24(30)25(38-40(34,35)36)22(29)13-27(20,4)23(17)21(28)12-26(18,19)3/h15-25,28-30H,5-14H2,1-4H3,(H,31,32,33)(H,34,35,36)/t16-,17-,18+,19-,20+,21-,22-,23+,24-,25+,26+,27-/m0/s1. The fraction of sp³-hybridized carbons (Fsp3) is 1.00. The van der Waals surface area contributed by atoms with Crippen LogP contribution in [-0.2, 0) is 29.2 Å². The van der Waals surface area contributed by atoms with Crippen molar-refractivity contribution >= 4 is 20.8 Å². The minimum Gasteiger partial charge on any atom is -0.393 e. The lowest BCUT2D eigenvalue weighted by Crippen LogP contribution is -2.65. The highest BCUT2D eigenvalue weighted by atomic mass is 32.3. The van der Waals surface area contributed by atoms with Gasteiger partial charge in [-0.3, -0.25) is 9.11 Å². The van der Waals surface area contributed by atoms with Crippen LogP contribution in [0.5, 0.6) is 0 Å². The molecule has 0 radical (unpaired) electrons. The van der Waals surface area contributed by atoms with Crippen LogP contribution in [0.3, 0.4) is 0 Å². The molecule has 5 N–H and O–H groups in total. The summed E-state index contributed by atoms with van der Waals surface area (Å²) in [5.74, 6) is 0.206. The van der Waals surface area contributed by atoms with Gasteiger partial charge in [0.15, 0.2) is 0 Å². The second-order valence-corrected chi connectivity index (χ2v) is 16.1. The van der Waals surface area contributed by atoms with Crippen molar-refractivity contribution in [2.45, 2.75) is 110 Å². The van der Waals surface area contributed by atoms with Gasteiger partial charge in [0.2, 0.25) is 0 Å². The molecule has 0 bridgehead atoms. The van der Waals surface area contributed by atoms with Crippen LogP contribution in [0.4, 0.5) is 0 Å². The van der Waals surface area contributed by atoms with Crippen molar-refractivity contribution in [3.63, 3.8) is 0 Å². The highest BCUT2D eigenvalue weighted by Gasteiger charge is 2.66. The molecule has 0 aromatic rings. The summed E-state index contributed by atoms with van der Waals surface area (Å²) in [7, 11) is -9.45. The van der Waals surface area contributed by atoms with E-state index in [-0.39, 0.29) is 48.0 Å². The van der Waals surface area contributed by atoms with Gasteiger partial charge in [-0.15, -0.1) is 0 Å². The molecule has 4 saturated carbocycles. The van der Waals surface area contributed by atoms with Crippen molar-refractivity contribution in [3.05, 3.63) is 0 Å². The maximum Gasteiger partial charge on any atom is 0.397 e. The van der Waals surface area contributed by atoms with Gasteiger partial charge >= 0.3 is 20.8 Å². The van der Waals surface area contributed by atoms with E-state index in [0.717, 1.165) is 32.1 Å². The Morgan fingerprint density at radius 2 is 1.45 bits per heavy atom. The Morgan fingerprint density at radius 3 is 2.05 bits per heavy atom. The molecule has 0 heterocycles. The van der Waals surface area contributed by atoms with E-state index in [0.29, 0.717) is 25.2 Å². The van der Waals surface area contributed by atoms with E-state index in [4.69, 9.17) is 4.18 Å². The lowest BCUT2D eigenvalue weighted by atomic mass is 9.43. The van der Waals surface area contributed by atoms with Crippen molar-refractivity contribution in [3.8, 4) is 0 Å². The molecule has 0 aromatic heterocycles. The van der Waals surface area contributed by atoms with Crippen molar-refractivity contribution in [1.82, 2.24) is 0 Å². The molecule has 4 aliphatic carbocycles. The number of aliphatic hydroxyl groups is 3. The van der Waals surface area contributed by atoms with Crippen LogP contribution in [0, 0.1) is 52.3 Å². The third-order valence-corrected chi connectivity index (χ3v) is 12.2. The molecule has 4 fully saturated rings. The van der Waals surface area contributed by atoms with E-state index in [1.54, 1.807) is 0 Å². The molecule has 234 valence electrons. The first-order valence-corrected chi connectivity index (χ1v) is 17.4. The maximum absolute atomic E-state index is 11.8. The maximum atomic E-state index is 11.8. The third-order valence-electron chi connectivity index (χ3n) is 11.3. The average molecular weight is 613 g/mol. The molecular formula is C27H48O11S2. The van der Waals surface area contributed by atoms with Crippen LogP contribution in [-0.4, -0.2) is 72.3 Å². The van der Waals surface area contributed by atoms with Gasteiger partial charge in [-0.25, -0.2) is 8.37 Å². The average Bonchev–Trinajstić information content (AvgIpc) is 3.13. The van der Waals surface area contributed by atoms with Gasteiger partial charge in [-0.05, 0) is 97.2 Å². The molecular weight excluding hydrogens is 564 g/mol. The molecule has 0 saturated heterocycles. The predicted octanol–water partition coefficient (Wildman–Crippen LogP) is 3.01. The highest BCUT2D eigenvalue weighted by Crippen LogP contribution is 2.68. The molecule has 4 rings (SSSR count). The SMILES string of the molecule is CC(C)CCC[C@@H](COS(=O)(=O)O)[C@H]1CC[C@H]2[C@@H]3CC[C@@H]4[C@H](O)[C@H](OS(=O)(=O)O)[C@@H](O)C[C@]4(C)[C@H]3[C@@H](O)C[C@]12C. The lowest BCUT2D eigenvalue weighted by molar-refractivity contribution is -0.227. The van der Waals surface area contributed by atoms with E-state index in [9.17, 15) is 41.3 Å². The first-order valence-electron chi connectivity index (χ1n) is 14.7. The Labute approximate surface area is 238 Å². The monoisotopic (exact) mass is 612 g/mol. The van der Waals surface area contributed by atoms with Gasteiger partial charge < -0.3 is 15.3 Å². The molecule has 13 heteroatoms. The zero-order valence-corrected chi connectivity index (χ0v) is 25.6. The van der Waals surface area contributed by atoms with Crippen LogP contribution in [0.2, 0.25) is 0 Å². The Kier molecular flexibility index (Phi) is 9.44. The molecule has 0 aromatic carbocycles. The van der Waals surface area contributed by atoms with Gasteiger partial charge in [0, 0.05) is 0 Å². The van der Waals surface area contributed by atoms with Crippen LogP contribution < -0.4 is 0 Å². The first kappa shape index (κ1) is 32.5. The van der Waals surface area contributed by atoms with Crippen LogP contribution in [0.15, 0.2) is 0 Å². The van der Waals surface area contributed by atoms with Gasteiger partial charge in [0.25, 0.3) is 0 Å². The van der Waals surface area contributed by atoms with Gasteiger partial charge in [0.1, 0.15) is 6.10 Å². The number of fused-ring (bicyclic) bond motifs is 5.